The molecule has 0 amide bonds. The Hall–Kier alpha value is -6.52. The van der Waals surface area contributed by atoms with E-state index in [2.05, 4.69) is 108 Å². The van der Waals surface area contributed by atoms with Crippen molar-refractivity contribution in [3.05, 3.63) is 178 Å². The highest BCUT2D eigenvalue weighted by Gasteiger charge is 2.19. The number of aromatic nitrogens is 2. The molecule has 0 unspecified atom stereocenters. The van der Waals surface area contributed by atoms with Gasteiger partial charge in [-0.05, 0) is 87.6 Å². The quantitative estimate of drug-likeness (QED) is 0.147. The largest absolute Gasteiger partial charge is 0.309 e. The Bertz CT molecular complexity index is 2940. The molecule has 224 valence electrons. The van der Waals surface area contributed by atoms with Crippen LogP contribution in [0.15, 0.2) is 167 Å². The maximum atomic E-state index is 13.8. The molecule has 0 saturated carbocycles. The van der Waals surface area contributed by atoms with E-state index in [1.165, 1.54) is 26.3 Å². The van der Waals surface area contributed by atoms with Crippen molar-refractivity contribution in [3.8, 4) is 27.9 Å². The third kappa shape index (κ3) is 3.71. The summed E-state index contributed by atoms with van der Waals surface area (Å²) in [6.45, 7) is 0. The van der Waals surface area contributed by atoms with Crippen LogP contribution in [-0.2, 0) is 0 Å². The molecule has 4 heteroatoms. The van der Waals surface area contributed by atoms with Gasteiger partial charge in [0.1, 0.15) is 0 Å². The van der Waals surface area contributed by atoms with Gasteiger partial charge in [-0.25, -0.2) is 4.40 Å². The van der Waals surface area contributed by atoms with Gasteiger partial charge in [-0.1, -0.05) is 103 Å². The van der Waals surface area contributed by atoms with Gasteiger partial charge in [-0.3, -0.25) is 9.59 Å². The minimum absolute atomic E-state index is 0.282. The maximum Gasteiger partial charge on any atom is 0.266 e. The van der Waals surface area contributed by atoms with E-state index in [0.29, 0.717) is 16.3 Å². The fraction of sp³-hybridized carbons (Fsp3) is 0. The molecule has 10 rings (SSSR count). The standard InChI is InChI=1S/C44H26N2O2/c47-43-35-18-6-4-15-32(35)38-25-30(26-39-33-16-5-7-19-36(33)44(48)46(43)42(38)39)28-13-10-14-31(23-28)45-40-20-9-8-17-34(40)37-24-29(21-22-41(37)45)27-11-2-1-3-12-27/h1-26H. The Morgan fingerprint density at radius 2 is 0.854 bits per heavy atom. The van der Waals surface area contributed by atoms with Gasteiger partial charge in [0.05, 0.1) is 16.6 Å². The van der Waals surface area contributed by atoms with Crippen LogP contribution in [0.1, 0.15) is 0 Å². The van der Waals surface area contributed by atoms with E-state index in [1.807, 2.05) is 54.6 Å². The minimum atomic E-state index is -0.282. The van der Waals surface area contributed by atoms with Gasteiger partial charge in [0.25, 0.3) is 11.1 Å². The summed E-state index contributed by atoms with van der Waals surface area (Å²) < 4.78 is 3.71. The fourth-order valence-corrected chi connectivity index (χ4v) is 7.68. The van der Waals surface area contributed by atoms with Gasteiger partial charge in [0.15, 0.2) is 0 Å². The molecule has 48 heavy (non-hydrogen) atoms. The second kappa shape index (κ2) is 9.99. The number of hydrogen-bond donors (Lipinski definition) is 0. The number of nitrogens with zero attached hydrogens (tertiary/aromatic N) is 2. The lowest BCUT2D eigenvalue weighted by Gasteiger charge is -2.15. The van der Waals surface area contributed by atoms with E-state index in [-0.39, 0.29) is 11.1 Å². The highest BCUT2D eigenvalue weighted by molar-refractivity contribution is 6.19. The van der Waals surface area contributed by atoms with Crippen LogP contribution in [0.4, 0.5) is 0 Å². The minimum Gasteiger partial charge on any atom is -0.309 e. The summed E-state index contributed by atoms with van der Waals surface area (Å²) >= 11 is 0. The summed E-state index contributed by atoms with van der Waals surface area (Å²) in [6.07, 6.45) is 0. The molecular weight excluding hydrogens is 588 g/mol. The van der Waals surface area contributed by atoms with Crippen LogP contribution in [0, 0.1) is 0 Å². The number of fused-ring (bicyclic) bond motifs is 7. The molecule has 0 aliphatic rings. The van der Waals surface area contributed by atoms with Crippen LogP contribution < -0.4 is 11.1 Å². The molecule has 0 saturated heterocycles. The molecule has 0 aliphatic heterocycles. The first kappa shape index (κ1) is 26.7. The fourth-order valence-electron chi connectivity index (χ4n) is 7.68. The van der Waals surface area contributed by atoms with E-state index in [1.54, 1.807) is 0 Å². The zero-order chi connectivity index (χ0) is 31.9. The monoisotopic (exact) mass is 614 g/mol. The Kier molecular flexibility index (Phi) is 5.55. The van der Waals surface area contributed by atoms with Crippen molar-refractivity contribution in [1.29, 1.82) is 0 Å². The van der Waals surface area contributed by atoms with E-state index < -0.39 is 0 Å². The molecule has 0 bridgehead atoms. The van der Waals surface area contributed by atoms with Crippen molar-refractivity contribution in [2.24, 2.45) is 0 Å². The van der Waals surface area contributed by atoms with Gasteiger partial charge in [-0.15, -0.1) is 0 Å². The second-order valence-electron chi connectivity index (χ2n) is 12.5. The lowest BCUT2D eigenvalue weighted by Crippen LogP contribution is -2.27. The summed E-state index contributed by atoms with van der Waals surface area (Å²) in [5, 5.41) is 6.94. The van der Waals surface area contributed by atoms with Crippen molar-refractivity contribution in [1.82, 2.24) is 8.97 Å². The molecule has 4 nitrogen and oxygen atoms in total. The van der Waals surface area contributed by atoms with Crippen molar-refractivity contribution in [3.63, 3.8) is 0 Å². The summed E-state index contributed by atoms with van der Waals surface area (Å²) in [6, 6.07) is 53.9. The predicted octanol–water partition coefficient (Wildman–Crippen LogP) is 9.99. The van der Waals surface area contributed by atoms with Crippen molar-refractivity contribution in [2.75, 3.05) is 0 Å². The summed E-state index contributed by atoms with van der Waals surface area (Å²) in [4.78, 5) is 27.5. The SMILES string of the molecule is O=c1c2ccccc2c2cc(-c3cccc(-n4c5ccccc5c5cc(-c6ccccc6)ccc54)c3)cc3c4ccccc4c(=O)n1c23. The van der Waals surface area contributed by atoms with Gasteiger partial charge in [0, 0.05) is 38.0 Å². The number of pyridine rings is 2. The third-order valence-electron chi connectivity index (χ3n) is 9.85. The first-order valence-electron chi connectivity index (χ1n) is 16.1. The molecule has 0 aliphatic carbocycles. The number of para-hydroxylation sites is 1. The molecular formula is C44H26N2O2. The molecule has 10 aromatic rings. The van der Waals surface area contributed by atoms with Crippen molar-refractivity contribution in [2.45, 2.75) is 0 Å². The van der Waals surface area contributed by atoms with Crippen LogP contribution in [0.25, 0.3) is 87.6 Å². The van der Waals surface area contributed by atoms with Gasteiger partial charge in [-0.2, -0.15) is 0 Å². The zero-order valence-corrected chi connectivity index (χ0v) is 25.7. The number of benzene rings is 7. The molecule has 0 spiro atoms. The van der Waals surface area contributed by atoms with Crippen LogP contribution in [0.2, 0.25) is 0 Å². The highest BCUT2D eigenvalue weighted by Crippen LogP contribution is 2.38. The lowest BCUT2D eigenvalue weighted by atomic mass is 9.94. The van der Waals surface area contributed by atoms with E-state index in [4.69, 9.17) is 0 Å². The van der Waals surface area contributed by atoms with E-state index in [0.717, 1.165) is 49.4 Å². The average molecular weight is 615 g/mol. The number of rotatable bonds is 3. The highest BCUT2D eigenvalue weighted by atomic mass is 16.2. The Balaban J connectivity index is 1.25. The first-order valence-corrected chi connectivity index (χ1v) is 16.1. The van der Waals surface area contributed by atoms with E-state index >= 15 is 0 Å². The van der Waals surface area contributed by atoms with E-state index in [9.17, 15) is 9.59 Å². The average Bonchev–Trinajstić information content (AvgIpc) is 3.48. The first-order chi connectivity index (χ1) is 23.7. The van der Waals surface area contributed by atoms with Crippen molar-refractivity contribution >= 4 is 59.6 Å². The topological polar surface area (TPSA) is 43.5 Å². The number of hydrogen-bond acceptors (Lipinski definition) is 2. The molecule has 0 atom stereocenters. The zero-order valence-electron chi connectivity index (χ0n) is 25.7. The molecule has 0 fully saturated rings. The Morgan fingerprint density at radius 1 is 0.333 bits per heavy atom. The smallest absolute Gasteiger partial charge is 0.266 e. The van der Waals surface area contributed by atoms with Crippen LogP contribution in [0.3, 0.4) is 0 Å². The second-order valence-corrected chi connectivity index (χ2v) is 12.5. The maximum absolute atomic E-state index is 13.8. The molecule has 3 aromatic heterocycles. The van der Waals surface area contributed by atoms with Gasteiger partial charge >= 0.3 is 0 Å². The third-order valence-corrected chi connectivity index (χ3v) is 9.85. The van der Waals surface area contributed by atoms with Crippen molar-refractivity contribution < 1.29 is 0 Å². The Labute approximate surface area is 274 Å². The summed E-state index contributed by atoms with van der Waals surface area (Å²) in [5.41, 5.74) is 7.90. The molecule has 3 heterocycles. The lowest BCUT2D eigenvalue weighted by molar-refractivity contribution is 1.09. The molecule has 7 aromatic carbocycles. The van der Waals surface area contributed by atoms with Gasteiger partial charge in [0.2, 0.25) is 0 Å². The Morgan fingerprint density at radius 3 is 1.54 bits per heavy atom. The van der Waals surface area contributed by atoms with Crippen LogP contribution in [-0.4, -0.2) is 8.97 Å². The summed E-state index contributed by atoms with van der Waals surface area (Å²) in [7, 11) is 0. The molecule has 0 radical (unpaired) electrons. The van der Waals surface area contributed by atoms with Gasteiger partial charge < -0.3 is 4.57 Å². The summed E-state index contributed by atoms with van der Waals surface area (Å²) in [5.74, 6) is 0. The van der Waals surface area contributed by atoms with Crippen LogP contribution in [0.5, 0.6) is 0 Å². The molecule has 0 N–H and O–H groups in total. The van der Waals surface area contributed by atoms with Crippen LogP contribution >= 0.6 is 0 Å². The normalized spacial score (nSPS) is 11.9. The predicted molar refractivity (Wildman–Crippen MR) is 199 cm³/mol.